The monoisotopic (exact) mass is 288 g/mol. The summed E-state index contributed by atoms with van der Waals surface area (Å²) >= 11 is 0. The van der Waals surface area contributed by atoms with Gasteiger partial charge in [0.25, 0.3) is 0 Å². The summed E-state index contributed by atoms with van der Waals surface area (Å²) in [6, 6.07) is 6.03. The highest BCUT2D eigenvalue weighted by molar-refractivity contribution is 6.00. The van der Waals surface area contributed by atoms with Crippen LogP contribution in [0.25, 0.3) is 10.8 Å². The number of rotatable bonds is 7. The highest BCUT2D eigenvalue weighted by atomic mass is 16.5. The van der Waals surface area contributed by atoms with Gasteiger partial charge in [-0.2, -0.15) is 0 Å². The third kappa shape index (κ3) is 4.06. The van der Waals surface area contributed by atoms with Crippen molar-refractivity contribution in [3.05, 3.63) is 30.1 Å². The van der Waals surface area contributed by atoms with E-state index in [2.05, 4.69) is 28.3 Å². The third-order valence-electron chi connectivity index (χ3n) is 3.56. The van der Waals surface area contributed by atoms with Crippen LogP contribution in [-0.4, -0.2) is 50.3 Å². The molecule has 0 saturated carbocycles. The molecule has 1 heterocycles. The lowest BCUT2D eigenvalue weighted by Gasteiger charge is -2.17. The number of aromatic nitrogens is 1. The fraction of sp³-hybridized carbons (Fsp3) is 0.438. The number of nitrogen functional groups attached to an aromatic ring is 1. The largest absolute Gasteiger partial charge is 0.398 e. The lowest BCUT2D eigenvalue weighted by molar-refractivity contribution is 0.163. The van der Waals surface area contributed by atoms with Gasteiger partial charge < -0.3 is 20.7 Å². The van der Waals surface area contributed by atoms with E-state index in [-0.39, 0.29) is 0 Å². The molecule has 0 unspecified atom stereocenters. The third-order valence-corrected chi connectivity index (χ3v) is 3.56. The second kappa shape index (κ2) is 7.24. The van der Waals surface area contributed by atoms with Crippen molar-refractivity contribution in [2.24, 2.45) is 0 Å². The van der Waals surface area contributed by atoms with Gasteiger partial charge in [0.2, 0.25) is 0 Å². The summed E-state index contributed by atoms with van der Waals surface area (Å²) in [5, 5.41) is 5.61. The molecule has 0 fully saturated rings. The van der Waals surface area contributed by atoms with E-state index in [9.17, 15) is 0 Å². The molecule has 1 aromatic carbocycles. The molecule has 0 atom stereocenters. The highest BCUT2D eigenvalue weighted by Gasteiger charge is 2.05. The first-order chi connectivity index (χ1) is 10.1. The lowest BCUT2D eigenvalue weighted by atomic mass is 10.1. The van der Waals surface area contributed by atoms with Crippen molar-refractivity contribution >= 4 is 22.1 Å². The molecular formula is C16H24N4O. The predicted octanol–water partition coefficient (Wildman–Crippen LogP) is 2.12. The molecule has 0 radical (unpaired) electrons. The molecule has 0 spiro atoms. The van der Waals surface area contributed by atoms with Crippen LogP contribution in [0.3, 0.4) is 0 Å². The van der Waals surface area contributed by atoms with Crippen LogP contribution in [0, 0.1) is 6.92 Å². The van der Waals surface area contributed by atoms with E-state index in [1.54, 1.807) is 7.11 Å². The van der Waals surface area contributed by atoms with Gasteiger partial charge in [-0.1, -0.05) is 0 Å². The van der Waals surface area contributed by atoms with E-state index >= 15 is 0 Å². The number of nitrogens with two attached hydrogens (primary N) is 1. The van der Waals surface area contributed by atoms with Gasteiger partial charge >= 0.3 is 0 Å². The minimum Gasteiger partial charge on any atom is -0.398 e. The molecule has 0 aliphatic heterocycles. The molecule has 0 amide bonds. The Morgan fingerprint density at radius 2 is 2.10 bits per heavy atom. The molecule has 2 aromatic rings. The van der Waals surface area contributed by atoms with Crippen LogP contribution in [0.4, 0.5) is 11.4 Å². The molecule has 21 heavy (non-hydrogen) atoms. The summed E-state index contributed by atoms with van der Waals surface area (Å²) in [5.74, 6) is 0. The van der Waals surface area contributed by atoms with Crippen molar-refractivity contribution in [1.29, 1.82) is 0 Å². The highest BCUT2D eigenvalue weighted by Crippen LogP contribution is 2.28. The van der Waals surface area contributed by atoms with Gasteiger partial charge in [0.15, 0.2) is 0 Å². The SMILES string of the molecule is COCCN(C)CCNc1ccc(N)c2cnc(C)cc12. The van der Waals surface area contributed by atoms with Crippen LogP contribution >= 0.6 is 0 Å². The Morgan fingerprint density at radius 3 is 2.86 bits per heavy atom. The van der Waals surface area contributed by atoms with Crippen molar-refractivity contribution in [3.8, 4) is 0 Å². The first kappa shape index (κ1) is 15.5. The molecule has 0 bridgehead atoms. The topological polar surface area (TPSA) is 63.4 Å². The maximum atomic E-state index is 6.02. The Labute approximate surface area is 126 Å². The number of hydrogen-bond acceptors (Lipinski definition) is 5. The Balaban J connectivity index is 2.05. The smallest absolute Gasteiger partial charge is 0.0589 e. The second-order valence-corrected chi connectivity index (χ2v) is 5.30. The number of likely N-dealkylation sites (N-methyl/N-ethyl adjacent to an activating group) is 1. The Kier molecular flexibility index (Phi) is 5.36. The summed E-state index contributed by atoms with van der Waals surface area (Å²) in [6.45, 7) is 5.51. The van der Waals surface area contributed by atoms with Gasteiger partial charge in [0, 0.05) is 60.8 Å². The molecule has 0 saturated heterocycles. The Hall–Kier alpha value is -1.85. The quantitative estimate of drug-likeness (QED) is 0.764. The minimum absolute atomic E-state index is 0.756. The fourth-order valence-corrected chi connectivity index (χ4v) is 2.26. The molecule has 1 aromatic heterocycles. The first-order valence-electron chi connectivity index (χ1n) is 7.18. The summed E-state index contributed by atoms with van der Waals surface area (Å²) in [7, 11) is 3.82. The van der Waals surface area contributed by atoms with Crippen molar-refractivity contribution in [2.45, 2.75) is 6.92 Å². The summed E-state index contributed by atoms with van der Waals surface area (Å²) in [5.41, 5.74) is 8.88. The van der Waals surface area contributed by atoms with Crippen LogP contribution in [0.5, 0.6) is 0 Å². The first-order valence-corrected chi connectivity index (χ1v) is 7.18. The maximum Gasteiger partial charge on any atom is 0.0589 e. The number of pyridine rings is 1. The molecule has 2 rings (SSSR count). The second-order valence-electron chi connectivity index (χ2n) is 5.30. The van der Waals surface area contributed by atoms with Crippen molar-refractivity contribution in [1.82, 2.24) is 9.88 Å². The van der Waals surface area contributed by atoms with E-state index < -0.39 is 0 Å². The van der Waals surface area contributed by atoms with E-state index in [1.807, 2.05) is 25.3 Å². The van der Waals surface area contributed by atoms with Crippen LogP contribution < -0.4 is 11.1 Å². The number of anilines is 2. The maximum absolute atomic E-state index is 6.02. The fourth-order valence-electron chi connectivity index (χ4n) is 2.26. The van der Waals surface area contributed by atoms with E-state index in [0.29, 0.717) is 0 Å². The molecule has 0 aliphatic carbocycles. The van der Waals surface area contributed by atoms with Crippen LogP contribution in [0.1, 0.15) is 5.69 Å². The molecule has 0 aliphatic rings. The standard InChI is InChI=1S/C16H24N4O/c1-12-10-13-14(11-19-12)15(17)4-5-16(13)18-6-7-20(2)8-9-21-3/h4-5,10-11,18H,6-9,17H2,1-3H3. The summed E-state index contributed by atoms with van der Waals surface area (Å²) in [4.78, 5) is 6.56. The molecular weight excluding hydrogens is 264 g/mol. The number of benzene rings is 1. The Bertz CT molecular complexity index is 600. The summed E-state index contributed by atoms with van der Waals surface area (Å²) in [6.07, 6.45) is 1.84. The zero-order valence-corrected chi connectivity index (χ0v) is 13.0. The predicted molar refractivity (Wildman–Crippen MR) is 88.8 cm³/mol. The zero-order chi connectivity index (χ0) is 15.2. The average Bonchev–Trinajstić information content (AvgIpc) is 2.47. The van der Waals surface area contributed by atoms with Gasteiger partial charge in [0.1, 0.15) is 0 Å². The Morgan fingerprint density at radius 1 is 1.29 bits per heavy atom. The number of aryl methyl sites for hydroxylation is 1. The number of methoxy groups -OCH3 is 1. The van der Waals surface area contributed by atoms with Crippen LogP contribution in [0.2, 0.25) is 0 Å². The van der Waals surface area contributed by atoms with E-state index in [0.717, 1.165) is 54.1 Å². The van der Waals surface area contributed by atoms with Gasteiger partial charge in [-0.25, -0.2) is 0 Å². The van der Waals surface area contributed by atoms with Crippen molar-refractivity contribution in [3.63, 3.8) is 0 Å². The average molecular weight is 288 g/mol. The number of fused-ring (bicyclic) bond motifs is 1. The molecule has 114 valence electrons. The van der Waals surface area contributed by atoms with Crippen molar-refractivity contribution in [2.75, 3.05) is 51.4 Å². The van der Waals surface area contributed by atoms with E-state index in [4.69, 9.17) is 10.5 Å². The van der Waals surface area contributed by atoms with Crippen LogP contribution in [-0.2, 0) is 4.74 Å². The number of hydrogen-bond donors (Lipinski definition) is 2. The van der Waals surface area contributed by atoms with E-state index in [1.165, 1.54) is 0 Å². The number of ether oxygens (including phenoxy) is 1. The van der Waals surface area contributed by atoms with Gasteiger partial charge in [-0.15, -0.1) is 0 Å². The van der Waals surface area contributed by atoms with Crippen molar-refractivity contribution < 1.29 is 4.74 Å². The summed E-state index contributed by atoms with van der Waals surface area (Å²) < 4.78 is 5.08. The van der Waals surface area contributed by atoms with Gasteiger partial charge in [-0.05, 0) is 32.2 Å². The molecule has 5 nitrogen and oxygen atoms in total. The van der Waals surface area contributed by atoms with Gasteiger partial charge in [0.05, 0.1) is 6.61 Å². The normalized spacial score (nSPS) is 11.2. The van der Waals surface area contributed by atoms with Gasteiger partial charge in [-0.3, -0.25) is 4.98 Å². The lowest BCUT2D eigenvalue weighted by Crippen LogP contribution is -2.28. The number of nitrogens with zero attached hydrogens (tertiary/aromatic N) is 2. The number of nitrogens with one attached hydrogen (secondary N) is 1. The molecule has 5 heteroatoms. The molecule has 3 N–H and O–H groups in total. The zero-order valence-electron chi connectivity index (χ0n) is 13.0. The minimum atomic E-state index is 0.756. The van der Waals surface area contributed by atoms with Crippen LogP contribution in [0.15, 0.2) is 24.4 Å².